The van der Waals surface area contributed by atoms with E-state index >= 15 is 0 Å². The number of furan rings is 1. The van der Waals surface area contributed by atoms with E-state index in [1.807, 2.05) is 18.2 Å². The van der Waals surface area contributed by atoms with Gasteiger partial charge in [0, 0.05) is 18.0 Å². The third kappa shape index (κ3) is 2.98. The second-order valence-electron chi connectivity index (χ2n) is 5.10. The van der Waals surface area contributed by atoms with Crippen molar-refractivity contribution in [3.63, 3.8) is 0 Å². The second kappa shape index (κ2) is 4.98. The Morgan fingerprint density at radius 1 is 1.21 bits per heavy atom. The zero-order chi connectivity index (χ0) is 13.3. The maximum Gasteiger partial charge on any atom is 0.150 e. The quantitative estimate of drug-likeness (QED) is 0.934. The molecule has 1 aromatic carbocycles. The number of rotatable bonds is 3. The summed E-state index contributed by atoms with van der Waals surface area (Å²) in [5.41, 5.74) is 2.09. The van der Waals surface area contributed by atoms with Crippen molar-refractivity contribution >= 4 is 20.8 Å². The van der Waals surface area contributed by atoms with Crippen LogP contribution in [0.5, 0.6) is 0 Å². The third-order valence-electron chi connectivity index (χ3n) is 3.67. The molecule has 5 heteroatoms. The van der Waals surface area contributed by atoms with E-state index in [9.17, 15) is 8.42 Å². The fourth-order valence-electron chi connectivity index (χ4n) is 2.48. The smallest absolute Gasteiger partial charge is 0.150 e. The van der Waals surface area contributed by atoms with Crippen LogP contribution < -0.4 is 5.32 Å². The number of nitrogens with one attached hydrogen (secondary N) is 1. The molecule has 1 aliphatic heterocycles. The van der Waals surface area contributed by atoms with Crippen molar-refractivity contribution in [2.75, 3.05) is 11.5 Å². The molecule has 1 aromatic heterocycles. The fourth-order valence-corrected chi connectivity index (χ4v) is 3.97. The Kier molecular flexibility index (Phi) is 3.33. The normalized spacial score (nSPS) is 19.8. The van der Waals surface area contributed by atoms with Crippen LogP contribution in [-0.4, -0.2) is 26.0 Å². The van der Waals surface area contributed by atoms with Gasteiger partial charge in [-0.3, -0.25) is 0 Å². The molecule has 0 aliphatic carbocycles. The van der Waals surface area contributed by atoms with Crippen molar-refractivity contribution in [3.8, 4) is 0 Å². The molecule has 19 heavy (non-hydrogen) atoms. The van der Waals surface area contributed by atoms with E-state index in [0.29, 0.717) is 17.5 Å². The highest BCUT2D eigenvalue weighted by Crippen LogP contribution is 2.18. The van der Waals surface area contributed by atoms with Gasteiger partial charge in [-0.25, -0.2) is 8.42 Å². The molecule has 102 valence electrons. The Balaban J connectivity index is 1.60. The number of benzene rings is 1. The largest absolute Gasteiger partial charge is 0.464 e. The van der Waals surface area contributed by atoms with Gasteiger partial charge in [0.2, 0.25) is 0 Å². The van der Waals surface area contributed by atoms with Crippen LogP contribution >= 0.6 is 0 Å². The first-order valence-corrected chi connectivity index (χ1v) is 8.34. The molecule has 0 amide bonds. The van der Waals surface area contributed by atoms with Crippen molar-refractivity contribution in [1.29, 1.82) is 0 Å². The molecule has 0 bridgehead atoms. The van der Waals surface area contributed by atoms with Crippen LogP contribution in [0.4, 0.5) is 0 Å². The lowest BCUT2D eigenvalue weighted by atomic mass is 10.1. The average Bonchev–Trinajstić information content (AvgIpc) is 2.85. The van der Waals surface area contributed by atoms with Gasteiger partial charge >= 0.3 is 0 Å². The molecule has 0 atom stereocenters. The molecule has 0 unspecified atom stereocenters. The van der Waals surface area contributed by atoms with E-state index < -0.39 is 9.84 Å². The summed E-state index contributed by atoms with van der Waals surface area (Å²) >= 11 is 0. The molecule has 3 rings (SSSR count). The summed E-state index contributed by atoms with van der Waals surface area (Å²) in [5.74, 6) is 0.622. The molecule has 1 aliphatic rings. The van der Waals surface area contributed by atoms with Gasteiger partial charge in [0.25, 0.3) is 0 Å². The number of hydrogen-bond acceptors (Lipinski definition) is 4. The van der Waals surface area contributed by atoms with Gasteiger partial charge in [-0.15, -0.1) is 0 Å². The second-order valence-corrected chi connectivity index (χ2v) is 7.40. The van der Waals surface area contributed by atoms with Crippen LogP contribution in [-0.2, 0) is 16.4 Å². The lowest BCUT2D eigenvalue weighted by Crippen LogP contribution is -2.37. The zero-order valence-corrected chi connectivity index (χ0v) is 11.4. The lowest BCUT2D eigenvalue weighted by molar-refractivity contribution is 0.463. The molecule has 1 fully saturated rings. The van der Waals surface area contributed by atoms with Crippen LogP contribution in [0, 0.1) is 0 Å². The standard InChI is InChI=1S/C14H17NO3S/c16-19(17)7-4-13(5-8-19)15-10-11-1-2-14-12(9-11)3-6-18-14/h1-3,6,9,13,15H,4-5,7-8,10H2. The van der Waals surface area contributed by atoms with Crippen LogP contribution in [0.25, 0.3) is 11.0 Å². The van der Waals surface area contributed by atoms with Gasteiger partial charge in [0.05, 0.1) is 17.8 Å². The molecular weight excluding hydrogens is 262 g/mol. The van der Waals surface area contributed by atoms with Crippen LogP contribution in [0.1, 0.15) is 18.4 Å². The van der Waals surface area contributed by atoms with E-state index in [2.05, 4.69) is 11.4 Å². The van der Waals surface area contributed by atoms with E-state index in [0.717, 1.165) is 30.4 Å². The summed E-state index contributed by atoms with van der Waals surface area (Å²) in [5, 5.41) is 4.54. The summed E-state index contributed by atoms with van der Waals surface area (Å²) in [6, 6.07) is 8.37. The maximum absolute atomic E-state index is 11.3. The number of sulfone groups is 1. The molecule has 2 aromatic rings. The first kappa shape index (κ1) is 12.7. The van der Waals surface area contributed by atoms with Crippen LogP contribution in [0.2, 0.25) is 0 Å². The van der Waals surface area contributed by atoms with Crippen molar-refractivity contribution in [3.05, 3.63) is 36.1 Å². The number of fused-ring (bicyclic) bond motifs is 1. The summed E-state index contributed by atoms with van der Waals surface area (Å²) in [7, 11) is -2.77. The minimum Gasteiger partial charge on any atom is -0.464 e. The predicted molar refractivity (Wildman–Crippen MR) is 74.7 cm³/mol. The topological polar surface area (TPSA) is 59.3 Å². The van der Waals surface area contributed by atoms with E-state index in [-0.39, 0.29) is 0 Å². The first-order chi connectivity index (χ1) is 9.12. The summed E-state index contributed by atoms with van der Waals surface area (Å²) in [6.07, 6.45) is 3.13. The molecule has 0 spiro atoms. The van der Waals surface area contributed by atoms with Gasteiger partial charge in [-0.05, 0) is 36.6 Å². The van der Waals surface area contributed by atoms with E-state index in [1.54, 1.807) is 6.26 Å². The Labute approximate surface area is 112 Å². The predicted octanol–water partition coefficient (Wildman–Crippen LogP) is 2.10. The zero-order valence-electron chi connectivity index (χ0n) is 10.6. The van der Waals surface area contributed by atoms with Gasteiger partial charge in [0.15, 0.2) is 0 Å². The monoisotopic (exact) mass is 279 g/mol. The van der Waals surface area contributed by atoms with Gasteiger partial charge in [-0.1, -0.05) is 6.07 Å². The van der Waals surface area contributed by atoms with E-state index in [1.165, 1.54) is 5.56 Å². The van der Waals surface area contributed by atoms with Gasteiger partial charge < -0.3 is 9.73 Å². The Morgan fingerprint density at radius 3 is 2.79 bits per heavy atom. The van der Waals surface area contributed by atoms with Crippen LogP contribution in [0.15, 0.2) is 34.9 Å². The van der Waals surface area contributed by atoms with Crippen molar-refractivity contribution in [1.82, 2.24) is 5.32 Å². The summed E-state index contributed by atoms with van der Waals surface area (Å²) < 4.78 is 28.0. The minimum absolute atomic E-state index is 0.309. The van der Waals surface area contributed by atoms with Crippen molar-refractivity contribution in [2.24, 2.45) is 0 Å². The molecule has 1 N–H and O–H groups in total. The van der Waals surface area contributed by atoms with Crippen LogP contribution in [0.3, 0.4) is 0 Å². The minimum atomic E-state index is -2.77. The third-order valence-corrected chi connectivity index (χ3v) is 5.38. The molecule has 2 heterocycles. The molecule has 0 radical (unpaired) electrons. The fraction of sp³-hybridized carbons (Fsp3) is 0.429. The number of hydrogen-bond donors (Lipinski definition) is 1. The molecule has 1 saturated heterocycles. The highest BCUT2D eigenvalue weighted by molar-refractivity contribution is 7.91. The van der Waals surface area contributed by atoms with Crippen molar-refractivity contribution < 1.29 is 12.8 Å². The first-order valence-electron chi connectivity index (χ1n) is 6.52. The van der Waals surface area contributed by atoms with Gasteiger partial charge in [0.1, 0.15) is 15.4 Å². The van der Waals surface area contributed by atoms with E-state index in [4.69, 9.17) is 4.42 Å². The Morgan fingerprint density at radius 2 is 2.00 bits per heavy atom. The highest BCUT2D eigenvalue weighted by Gasteiger charge is 2.22. The van der Waals surface area contributed by atoms with Gasteiger partial charge in [-0.2, -0.15) is 0 Å². The molecule has 0 saturated carbocycles. The Bertz CT molecular complexity index is 661. The van der Waals surface area contributed by atoms with Crippen molar-refractivity contribution in [2.45, 2.75) is 25.4 Å². The maximum atomic E-state index is 11.3. The lowest BCUT2D eigenvalue weighted by Gasteiger charge is -2.23. The average molecular weight is 279 g/mol. The summed E-state index contributed by atoms with van der Waals surface area (Å²) in [4.78, 5) is 0. The Hall–Kier alpha value is -1.33. The molecule has 4 nitrogen and oxygen atoms in total. The molecular formula is C14H17NO3S. The SMILES string of the molecule is O=S1(=O)CCC(NCc2ccc3occc3c2)CC1. The highest BCUT2D eigenvalue weighted by atomic mass is 32.2. The summed E-state index contributed by atoms with van der Waals surface area (Å²) in [6.45, 7) is 0.770.